The summed E-state index contributed by atoms with van der Waals surface area (Å²) < 4.78 is 7.98. The maximum atomic E-state index is 13.1. The third-order valence-corrected chi connectivity index (χ3v) is 7.65. The molecule has 36 heavy (non-hydrogen) atoms. The van der Waals surface area contributed by atoms with Crippen LogP contribution in [0.2, 0.25) is 0 Å². The first kappa shape index (κ1) is 25.8. The lowest BCUT2D eigenvalue weighted by molar-refractivity contribution is -0.151. The van der Waals surface area contributed by atoms with Crippen LogP contribution in [-0.2, 0) is 33.8 Å². The second-order valence-electron chi connectivity index (χ2n) is 8.82. The average Bonchev–Trinajstić information content (AvgIpc) is 3.56. The molecule has 0 atom stereocenters. The first-order valence-corrected chi connectivity index (χ1v) is 13.1. The highest BCUT2D eigenvalue weighted by Gasteiger charge is 2.49. The second-order valence-corrected chi connectivity index (χ2v) is 9.85. The largest absolute Gasteiger partial charge is 0.467 e. The Hall–Kier alpha value is -3.31. The number of nitrogens with zero attached hydrogens (tertiary/aromatic N) is 6. The molecule has 0 aliphatic carbocycles. The average molecular weight is 513 g/mol. The fourth-order valence-corrected chi connectivity index (χ4v) is 5.41. The van der Waals surface area contributed by atoms with Gasteiger partial charge >= 0.3 is 11.7 Å². The molecule has 1 aromatic carbocycles. The summed E-state index contributed by atoms with van der Waals surface area (Å²) in [5, 5.41) is 10.1. The second kappa shape index (κ2) is 11.6. The zero-order valence-electron chi connectivity index (χ0n) is 20.7. The van der Waals surface area contributed by atoms with Crippen LogP contribution in [0, 0.1) is 0 Å². The summed E-state index contributed by atoms with van der Waals surface area (Å²) in [4.78, 5) is 43.8. The van der Waals surface area contributed by atoms with Crippen LogP contribution in [0.1, 0.15) is 31.1 Å². The van der Waals surface area contributed by atoms with E-state index in [1.165, 1.54) is 21.4 Å². The van der Waals surface area contributed by atoms with Crippen molar-refractivity contribution >= 4 is 28.9 Å². The standard InChI is InChI=1S/C25H32N6O4S/c1-3-22(32)31(20-8-5-4-6-9-20)25(23(33)35-2)12-15-28(16-13-25)17-18-30-24(34)29(26-27-30)14-11-21-10-7-19-36-21/h4-10,19H,3,11-18H2,1-2H3. The number of carbonyl (C=O) groups excluding carboxylic acids is 2. The van der Waals surface area contributed by atoms with Gasteiger partial charge in [-0.1, -0.05) is 31.2 Å². The molecule has 1 fully saturated rings. The Morgan fingerprint density at radius 1 is 1.03 bits per heavy atom. The number of methoxy groups -OCH3 is 1. The molecule has 3 heterocycles. The van der Waals surface area contributed by atoms with Gasteiger partial charge in [0.05, 0.1) is 20.2 Å². The van der Waals surface area contributed by atoms with Crippen molar-refractivity contribution in [2.24, 2.45) is 0 Å². The number of esters is 1. The van der Waals surface area contributed by atoms with Crippen molar-refractivity contribution < 1.29 is 14.3 Å². The van der Waals surface area contributed by atoms with Crippen LogP contribution < -0.4 is 10.6 Å². The van der Waals surface area contributed by atoms with E-state index in [-0.39, 0.29) is 18.0 Å². The van der Waals surface area contributed by atoms with Gasteiger partial charge in [-0.25, -0.2) is 9.59 Å². The maximum Gasteiger partial charge on any atom is 0.363 e. The monoisotopic (exact) mass is 512 g/mol. The lowest BCUT2D eigenvalue weighted by Crippen LogP contribution is -2.62. The number of ether oxygens (including phenoxy) is 1. The zero-order chi connectivity index (χ0) is 25.5. The molecule has 10 nitrogen and oxygen atoms in total. The first-order valence-electron chi connectivity index (χ1n) is 12.2. The number of aryl methyl sites for hydroxylation is 2. The molecule has 0 radical (unpaired) electrons. The molecule has 2 aromatic heterocycles. The van der Waals surface area contributed by atoms with Crippen LogP contribution in [0.5, 0.6) is 0 Å². The lowest BCUT2D eigenvalue weighted by Gasteiger charge is -2.46. The number of aromatic nitrogens is 4. The van der Waals surface area contributed by atoms with E-state index in [1.807, 2.05) is 47.8 Å². The molecule has 1 aliphatic heterocycles. The molecule has 0 bridgehead atoms. The molecule has 0 spiro atoms. The van der Waals surface area contributed by atoms with E-state index in [4.69, 9.17) is 4.74 Å². The molecule has 1 saturated heterocycles. The summed E-state index contributed by atoms with van der Waals surface area (Å²) >= 11 is 1.66. The number of benzene rings is 1. The number of thiophene rings is 1. The third-order valence-electron chi connectivity index (χ3n) is 6.72. The van der Waals surface area contributed by atoms with Gasteiger partial charge in [0.25, 0.3) is 0 Å². The van der Waals surface area contributed by atoms with Crippen molar-refractivity contribution in [3.63, 3.8) is 0 Å². The number of tetrazole rings is 1. The van der Waals surface area contributed by atoms with Gasteiger partial charge in [0.1, 0.15) is 5.54 Å². The molecule has 1 amide bonds. The van der Waals surface area contributed by atoms with Gasteiger partial charge in [0.2, 0.25) is 5.91 Å². The molecule has 0 saturated carbocycles. The van der Waals surface area contributed by atoms with Crippen molar-refractivity contribution in [2.75, 3.05) is 31.6 Å². The van der Waals surface area contributed by atoms with Crippen molar-refractivity contribution in [3.05, 3.63) is 63.2 Å². The van der Waals surface area contributed by atoms with E-state index in [9.17, 15) is 14.4 Å². The molecule has 192 valence electrons. The van der Waals surface area contributed by atoms with E-state index < -0.39 is 11.5 Å². The van der Waals surface area contributed by atoms with E-state index in [0.717, 1.165) is 6.42 Å². The normalized spacial score (nSPS) is 15.5. The first-order chi connectivity index (χ1) is 17.5. The Morgan fingerprint density at radius 3 is 2.33 bits per heavy atom. The van der Waals surface area contributed by atoms with Crippen LogP contribution in [0.4, 0.5) is 5.69 Å². The van der Waals surface area contributed by atoms with Crippen molar-refractivity contribution in [1.82, 2.24) is 24.7 Å². The zero-order valence-corrected chi connectivity index (χ0v) is 21.5. The van der Waals surface area contributed by atoms with Crippen LogP contribution in [0.3, 0.4) is 0 Å². The smallest absolute Gasteiger partial charge is 0.363 e. The van der Waals surface area contributed by atoms with Crippen molar-refractivity contribution in [1.29, 1.82) is 0 Å². The Labute approximate surface area is 214 Å². The number of rotatable bonds is 10. The van der Waals surface area contributed by atoms with Crippen LogP contribution in [-0.4, -0.2) is 68.8 Å². The SMILES string of the molecule is CCC(=O)N(c1ccccc1)C1(C(=O)OC)CCN(CCn2nnn(CCc3cccs3)c2=O)CC1. The molecular weight excluding hydrogens is 480 g/mol. The minimum Gasteiger partial charge on any atom is -0.467 e. The summed E-state index contributed by atoms with van der Waals surface area (Å²) in [7, 11) is 1.37. The molecule has 0 N–H and O–H groups in total. The minimum atomic E-state index is -1.07. The highest BCUT2D eigenvalue weighted by molar-refractivity contribution is 7.09. The van der Waals surface area contributed by atoms with E-state index in [2.05, 4.69) is 15.3 Å². The minimum absolute atomic E-state index is 0.120. The molecule has 0 unspecified atom stereocenters. The Morgan fingerprint density at radius 2 is 1.72 bits per heavy atom. The summed E-state index contributed by atoms with van der Waals surface area (Å²) in [6, 6.07) is 13.3. The highest BCUT2D eigenvalue weighted by atomic mass is 32.1. The number of likely N-dealkylation sites (tertiary alicyclic amines) is 1. The van der Waals surface area contributed by atoms with Gasteiger partial charge in [-0.05, 0) is 46.8 Å². The van der Waals surface area contributed by atoms with Gasteiger partial charge in [0.15, 0.2) is 0 Å². The van der Waals surface area contributed by atoms with Crippen molar-refractivity contribution in [3.8, 4) is 0 Å². The van der Waals surface area contributed by atoms with Gasteiger partial charge < -0.3 is 9.64 Å². The van der Waals surface area contributed by atoms with E-state index in [1.54, 1.807) is 23.2 Å². The number of piperidine rings is 1. The summed E-state index contributed by atoms with van der Waals surface area (Å²) in [5.41, 5.74) is -0.605. The van der Waals surface area contributed by atoms with Gasteiger partial charge in [0, 0.05) is 43.0 Å². The highest BCUT2D eigenvalue weighted by Crippen LogP contribution is 2.35. The Bertz CT molecular complexity index is 1200. The van der Waals surface area contributed by atoms with Gasteiger partial charge in [-0.3, -0.25) is 9.69 Å². The number of hydrogen-bond donors (Lipinski definition) is 0. The van der Waals surface area contributed by atoms with Gasteiger partial charge in [-0.2, -0.15) is 9.36 Å². The maximum absolute atomic E-state index is 13.1. The summed E-state index contributed by atoms with van der Waals surface area (Å²) in [6.45, 7) is 4.44. The van der Waals surface area contributed by atoms with Crippen molar-refractivity contribution in [2.45, 2.75) is 51.2 Å². The summed E-state index contributed by atoms with van der Waals surface area (Å²) in [6.07, 6.45) is 1.89. The molecule has 4 rings (SSSR count). The number of amides is 1. The fraction of sp³-hybridized carbons (Fsp3) is 0.480. The number of para-hydroxylation sites is 1. The Kier molecular flexibility index (Phi) is 8.32. The van der Waals surface area contributed by atoms with E-state index in [0.29, 0.717) is 51.3 Å². The Balaban J connectivity index is 1.41. The quantitative estimate of drug-likeness (QED) is 0.384. The molecule has 3 aromatic rings. The molecular formula is C25H32N6O4S. The van der Waals surface area contributed by atoms with Crippen LogP contribution in [0.15, 0.2) is 52.6 Å². The van der Waals surface area contributed by atoms with Crippen LogP contribution >= 0.6 is 11.3 Å². The number of anilines is 1. The number of carbonyl (C=O) groups is 2. The number of hydrogen-bond acceptors (Lipinski definition) is 8. The third kappa shape index (κ3) is 5.41. The molecule has 11 heteroatoms. The van der Waals surface area contributed by atoms with Gasteiger partial charge in [-0.15, -0.1) is 11.3 Å². The van der Waals surface area contributed by atoms with Crippen LogP contribution in [0.25, 0.3) is 0 Å². The lowest BCUT2D eigenvalue weighted by atomic mass is 9.84. The summed E-state index contributed by atoms with van der Waals surface area (Å²) in [5.74, 6) is -0.525. The van der Waals surface area contributed by atoms with E-state index >= 15 is 0 Å². The topological polar surface area (TPSA) is 103 Å². The fourth-order valence-electron chi connectivity index (χ4n) is 4.71. The predicted molar refractivity (Wildman–Crippen MR) is 137 cm³/mol. The molecule has 1 aliphatic rings. The predicted octanol–water partition coefficient (Wildman–Crippen LogP) is 2.19.